The molecule has 0 spiro atoms. The molecule has 0 saturated heterocycles. The van der Waals surface area contributed by atoms with E-state index in [1.807, 2.05) is 0 Å². The van der Waals surface area contributed by atoms with E-state index in [1.54, 1.807) is 29.6 Å². The first-order chi connectivity index (χ1) is 8.15. The first kappa shape index (κ1) is 12.0. The number of benzene rings is 1. The average Bonchev–Trinajstić information content (AvgIpc) is 2.77. The Morgan fingerprint density at radius 2 is 2.18 bits per heavy atom. The van der Waals surface area contributed by atoms with Gasteiger partial charge in [0.05, 0.1) is 12.1 Å². The summed E-state index contributed by atoms with van der Waals surface area (Å²) in [4.78, 5) is 11.4. The molecule has 1 N–H and O–H groups in total. The lowest BCUT2D eigenvalue weighted by Gasteiger charge is -2.09. The van der Waals surface area contributed by atoms with Gasteiger partial charge in [0.15, 0.2) is 0 Å². The molecule has 1 heterocycles. The van der Waals surface area contributed by atoms with E-state index in [0.717, 1.165) is 0 Å². The van der Waals surface area contributed by atoms with Gasteiger partial charge in [0, 0.05) is 11.1 Å². The average molecular weight is 269 g/mol. The maximum atomic E-state index is 11.1. The molecular weight excluding hydrogens is 260 g/mol. The van der Waals surface area contributed by atoms with Crippen LogP contribution in [-0.4, -0.2) is 18.2 Å². The lowest BCUT2D eigenvalue weighted by molar-refractivity contribution is 0.0703. The van der Waals surface area contributed by atoms with Crippen LogP contribution >= 0.6 is 22.9 Å². The van der Waals surface area contributed by atoms with Crippen molar-refractivity contribution < 1.29 is 14.6 Å². The third-order valence-electron chi connectivity index (χ3n) is 2.32. The zero-order chi connectivity index (χ0) is 12.4. The smallest absolute Gasteiger partial charge is 0.346 e. The molecule has 0 bridgehead atoms. The first-order valence-electron chi connectivity index (χ1n) is 4.78. The second kappa shape index (κ2) is 4.77. The molecule has 2 aromatic rings. The highest BCUT2D eigenvalue weighted by Gasteiger charge is 2.18. The highest BCUT2D eigenvalue weighted by Crippen LogP contribution is 2.39. The molecule has 88 valence electrons. The lowest BCUT2D eigenvalue weighted by atomic mass is 10.1. The minimum absolute atomic E-state index is 0.261. The summed E-state index contributed by atoms with van der Waals surface area (Å²) >= 11 is 7.27. The minimum Gasteiger partial charge on any atom is -0.496 e. The van der Waals surface area contributed by atoms with Crippen LogP contribution in [0, 0.1) is 0 Å². The van der Waals surface area contributed by atoms with Gasteiger partial charge >= 0.3 is 5.97 Å². The summed E-state index contributed by atoms with van der Waals surface area (Å²) in [6, 6.07) is 6.96. The van der Waals surface area contributed by atoms with E-state index in [0.29, 0.717) is 21.9 Å². The van der Waals surface area contributed by atoms with Crippen LogP contribution in [0.3, 0.4) is 0 Å². The van der Waals surface area contributed by atoms with Crippen molar-refractivity contribution in [1.29, 1.82) is 0 Å². The molecule has 1 aromatic heterocycles. The van der Waals surface area contributed by atoms with E-state index < -0.39 is 5.97 Å². The van der Waals surface area contributed by atoms with Crippen molar-refractivity contribution in [3.8, 4) is 16.9 Å². The molecule has 0 aliphatic carbocycles. The van der Waals surface area contributed by atoms with E-state index in [4.69, 9.17) is 21.4 Å². The fourth-order valence-electron chi connectivity index (χ4n) is 1.61. The summed E-state index contributed by atoms with van der Waals surface area (Å²) in [7, 11) is 1.53. The van der Waals surface area contributed by atoms with Gasteiger partial charge in [-0.05, 0) is 23.6 Å². The van der Waals surface area contributed by atoms with Crippen molar-refractivity contribution in [2.24, 2.45) is 0 Å². The van der Waals surface area contributed by atoms with Crippen LogP contribution in [0.5, 0.6) is 5.75 Å². The van der Waals surface area contributed by atoms with Crippen molar-refractivity contribution in [2.45, 2.75) is 0 Å². The number of carbonyl (C=O) groups is 1. The Labute approximate surface area is 107 Å². The molecule has 0 amide bonds. The Morgan fingerprint density at radius 3 is 2.82 bits per heavy atom. The molecule has 2 rings (SSSR count). The monoisotopic (exact) mass is 268 g/mol. The number of carboxylic acid groups (broad SMARTS) is 1. The highest BCUT2D eigenvalue weighted by atomic mass is 35.5. The van der Waals surface area contributed by atoms with Gasteiger partial charge in [-0.15, -0.1) is 11.3 Å². The van der Waals surface area contributed by atoms with Gasteiger partial charge in [0.1, 0.15) is 10.6 Å². The van der Waals surface area contributed by atoms with E-state index in [2.05, 4.69) is 0 Å². The van der Waals surface area contributed by atoms with Crippen molar-refractivity contribution >= 4 is 28.9 Å². The zero-order valence-electron chi connectivity index (χ0n) is 8.94. The van der Waals surface area contributed by atoms with Crippen LogP contribution in [0.25, 0.3) is 11.1 Å². The number of rotatable bonds is 3. The molecule has 3 nitrogen and oxygen atoms in total. The van der Waals surface area contributed by atoms with Crippen LogP contribution in [0.15, 0.2) is 29.6 Å². The molecule has 17 heavy (non-hydrogen) atoms. The molecule has 0 unspecified atom stereocenters. The van der Waals surface area contributed by atoms with E-state index in [9.17, 15) is 4.79 Å². The SMILES string of the molecule is COc1cccc(Cl)c1-c1ccsc1C(=O)O. The van der Waals surface area contributed by atoms with Gasteiger partial charge in [-0.2, -0.15) is 0 Å². The molecular formula is C12H9ClO3S. The van der Waals surface area contributed by atoms with Crippen molar-refractivity contribution in [2.75, 3.05) is 7.11 Å². The van der Waals surface area contributed by atoms with Crippen LogP contribution in [-0.2, 0) is 0 Å². The predicted octanol–water partition coefficient (Wildman–Crippen LogP) is 3.78. The van der Waals surface area contributed by atoms with Crippen molar-refractivity contribution in [1.82, 2.24) is 0 Å². The van der Waals surface area contributed by atoms with E-state index in [-0.39, 0.29) is 4.88 Å². The van der Waals surface area contributed by atoms with Crippen LogP contribution in [0.2, 0.25) is 5.02 Å². The number of carboxylic acids is 1. The van der Waals surface area contributed by atoms with Gasteiger partial charge in [0.25, 0.3) is 0 Å². The normalized spacial score (nSPS) is 10.2. The number of hydrogen-bond donors (Lipinski definition) is 1. The fourth-order valence-corrected chi connectivity index (χ4v) is 2.61. The number of ether oxygens (including phenoxy) is 1. The van der Waals surface area contributed by atoms with Crippen molar-refractivity contribution in [3.63, 3.8) is 0 Å². The summed E-state index contributed by atoms with van der Waals surface area (Å²) in [5, 5.41) is 11.3. The summed E-state index contributed by atoms with van der Waals surface area (Å²) in [6.07, 6.45) is 0. The second-order valence-electron chi connectivity index (χ2n) is 3.29. The van der Waals surface area contributed by atoms with Crippen LogP contribution < -0.4 is 4.74 Å². The number of methoxy groups -OCH3 is 1. The maximum Gasteiger partial charge on any atom is 0.346 e. The van der Waals surface area contributed by atoms with Gasteiger partial charge in [-0.3, -0.25) is 0 Å². The molecule has 1 aromatic carbocycles. The summed E-state index contributed by atoms with van der Waals surface area (Å²) in [5.41, 5.74) is 1.21. The van der Waals surface area contributed by atoms with Crippen molar-refractivity contribution in [3.05, 3.63) is 39.5 Å². The van der Waals surface area contributed by atoms with Crippen LogP contribution in [0.4, 0.5) is 0 Å². The Morgan fingerprint density at radius 1 is 1.41 bits per heavy atom. The number of hydrogen-bond acceptors (Lipinski definition) is 3. The summed E-state index contributed by atoms with van der Waals surface area (Å²) < 4.78 is 5.21. The van der Waals surface area contributed by atoms with Gasteiger partial charge in [-0.25, -0.2) is 4.79 Å². The first-order valence-corrected chi connectivity index (χ1v) is 6.04. The molecule has 0 saturated carbocycles. The maximum absolute atomic E-state index is 11.1. The standard InChI is InChI=1S/C12H9ClO3S/c1-16-9-4-2-3-8(13)10(9)7-5-6-17-11(7)12(14)15/h2-6H,1H3,(H,14,15). The largest absolute Gasteiger partial charge is 0.496 e. The quantitative estimate of drug-likeness (QED) is 0.922. The predicted molar refractivity (Wildman–Crippen MR) is 68.3 cm³/mol. The second-order valence-corrected chi connectivity index (χ2v) is 4.61. The molecule has 0 radical (unpaired) electrons. The topological polar surface area (TPSA) is 46.5 Å². The Bertz CT molecular complexity index is 563. The van der Waals surface area contributed by atoms with E-state index in [1.165, 1.54) is 18.4 Å². The lowest BCUT2D eigenvalue weighted by Crippen LogP contribution is -1.96. The number of aromatic carboxylic acids is 1. The third-order valence-corrected chi connectivity index (χ3v) is 3.54. The fraction of sp³-hybridized carbons (Fsp3) is 0.0833. The summed E-state index contributed by atoms with van der Waals surface area (Å²) in [6.45, 7) is 0. The van der Waals surface area contributed by atoms with E-state index >= 15 is 0 Å². The molecule has 0 aliphatic heterocycles. The van der Waals surface area contributed by atoms with Gasteiger partial charge in [0.2, 0.25) is 0 Å². The minimum atomic E-state index is -0.961. The molecule has 5 heteroatoms. The van der Waals surface area contributed by atoms with Crippen LogP contribution in [0.1, 0.15) is 9.67 Å². The third kappa shape index (κ3) is 2.14. The van der Waals surface area contributed by atoms with Gasteiger partial charge in [-0.1, -0.05) is 17.7 Å². The highest BCUT2D eigenvalue weighted by molar-refractivity contribution is 7.12. The molecule has 0 fully saturated rings. The van der Waals surface area contributed by atoms with Gasteiger partial charge < -0.3 is 9.84 Å². The number of thiophene rings is 1. The summed E-state index contributed by atoms with van der Waals surface area (Å²) in [5.74, 6) is -0.393. The Kier molecular flexibility index (Phi) is 3.36. The molecule has 0 aliphatic rings. The Hall–Kier alpha value is -1.52. The number of halogens is 1. The zero-order valence-corrected chi connectivity index (χ0v) is 10.5. The Balaban J connectivity index is 2.68. The molecule has 0 atom stereocenters.